The van der Waals surface area contributed by atoms with E-state index in [1.807, 2.05) is 60.7 Å². The Bertz CT molecular complexity index is 1340. The fourth-order valence-corrected chi connectivity index (χ4v) is 3.46. The van der Waals surface area contributed by atoms with E-state index in [2.05, 4.69) is 74.5 Å². The molecule has 0 aliphatic heterocycles. The van der Waals surface area contributed by atoms with Crippen LogP contribution in [0.1, 0.15) is 33.4 Å². The maximum absolute atomic E-state index is 8.74. The summed E-state index contributed by atoms with van der Waals surface area (Å²) >= 11 is 0. The lowest BCUT2D eigenvalue weighted by atomic mass is 10.0. The van der Waals surface area contributed by atoms with Gasteiger partial charge in [-0.1, -0.05) is 109 Å². The summed E-state index contributed by atoms with van der Waals surface area (Å²) in [7, 11) is -4.67. The van der Waals surface area contributed by atoms with E-state index in [4.69, 9.17) is 22.3 Å². The van der Waals surface area contributed by atoms with Crippen molar-refractivity contribution in [3.8, 4) is 11.5 Å². The Balaban J connectivity index is 0.000000658. The molecule has 0 aromatic heterocycles. The van der Waals surface area contributed by atoms with Crippen molar-refractivity contribution in [2.24, 2.45) is 0 Å². The second-order valence-electron chi connectivity index (χ2n) is 7.98. The summed E-state index contributed by atoms with van der Waals surface area (Å²) < 4.78 is 37.9. The van der Waals surface area contributed by atoms with Crippen molar-refractivity contribution in [2.45, 2.75) is 13.8 Å². The summed E-state index contributed by atoms with van der Waals surface area (Å²) in [5, 5.41) is 0. The Morgan fingerprint density at radius 3 is 1.28 bits per heavy atom. The van der Waals surface area contributed by atoms with Gasteiger partial charge < -0.3 is 4.74 Å². The smallest absolute Gasteiger partial charge is 0.394 e. The molecular formula is C30H28O5S. The van der Waals surface area contributed by atoms with E-state index in [0.717, 1.165) is 33.8 Å². The molecule has 0 amide bonds. The third-order valence-electron chi connectivity index (χ3n) is 5.38. The molecule has 0 unspecified atom stereocenters. The molecule has 184 valence electrons. The molecule has 4 aromatic carbocycles. The molecule has 0 fully saturated rings. The molecule has 0 aliphatic rings. The van der Waals surface area contributed by atoms with Gasteiger partial charge in [-0.25, -0.2) is 0 Å². The van der Waals surface area contributed by atoms with Crippen LogP contribution in [-0.2, 0) is 10.4 Å². The lowest BCUT2D eigenvalue weighted by molar-refractivity contribution is 0.381. The van der Waals surface area contributed by atoms with E-state index >= 15 is 0 Å². The average molecular weight is 501 g/mol. The summed E-state index contributed by atoms with van der Waals surface area (Å²) in [5.74, 6) is 1.75. The van der Waals surface area contributed by atoms with Crippen LogP contribution in [0.5, 0.6) is 11.5 Å². The lowest BCUT2D eigenvalue weighted by Crippen LogP contribution is -1.93. The van der Waals surface area contributed by atoms with Crippen LogP contribution in [0.3, 0.4) is 0 Å². The van der Waals surface area contributed by atoms with E-state index in [0.29, 0.717) is 0 Å². The van der Waals surface area contributed by atoms with Crippen LogP contribution in [0, 0.1) is 13.8 Å². The molecule has 0 radical (unpaired) electrons. The van der Waals surface area contributed by atoms with Crippen molar-refractivity contribution in [3.05, 3.63) is 130 Å². The van der Waals surface area contributed by atoms with Gasteiger partial charge in [-0.3, -0.25) is 9.11 Å². The van der Waals surface area contributed by atoms with Crippen LogP contribution in [0.15, 0.2) is 97.1 Å². The predicted molar refractivity (Wildman–Crippen MR) is 147 cm³/mol. The first kappa shape index (κ1) is 26.6. The van der Waals surface area contributed by atoms with Gasteiger partial charge in [-0.05, 0) is 59.4 Å². The van der Waals surface area contributed by atoms with Crippen LogP contribution in [0.2, 0.25) is 0 Å². The van der Waals surface area contributed by atoms with Gasteiger partial charge in [-0.15, -0.1) is 0 Å². The lowest BCUT2D eigenvalue weighted by Gasteiger charge is -2.14. The Morgan fingerprint density at radius 1 is 0.556 bits per heavy atom. The van der Waals surface area contributed by atoms with Gasteiger partial charge in [0.2, 0.25) is 0 Å². The van der Waals surface area contributed by atoms with Crippen LogP contribution in [0.25, 0.3) is 24.3 Å². The first-order valence-corrected chi connectivity index (χ1v) is 12.6. The number of rotatable bonds is 6. The van der Waals surface area contributed by atoms with Crippen LogP contribution in [-0.4, -0.2) is 17.5 Å². The molecule has 0 bridgehead atoms. The first-order valence-electron chi connectivity index (χ1n) is 11.2. The molecule has 5 nitrogen and oxygen atoms in total. The van der Waals surface area contributed by atoms with Gasteiger partial charge in [0.25, 0.3) is 0 Å². The molecule has 0 spiro atoms. The van der Waals surface area contributed by atoms with Gasteiger partial charge in [0.05, 0.1) is 0 Å². The highest BCUT2D eigenvalue weighted by atomic mass is 32.3. The van der Waals surface area contributed by atoms with Crippen molar-refractivity contribution in [1.29, 1.82) is 0 Å². The van der Waals surface area contributed by atoms with Crippen LogP contribution >= 0.6 is 0 Å². The normalized spacial score (nSPS) is 11.3. The van der Waals surface area contributed by atoms with Crippen molar-refractivity contribution in [3.63, 3.8) is 0 Å². The Hall–Kier alpha value is -3.97. The summed E-state index contributed by atoms with van der Waals surface area (Å²) in [6, 6.07) is 33.0. The largest absolute Gasteiger partial charge is 0.457 e. The fourth-order valence-electron chi connectivity index (χ4n) is 3.46. The molecule has 36 heavy (non-hydrogen) atoms. The third kappa shape index (κ3) is 8.67. The summed E-state index contributed by atoms with van der Waals surface area (Å²) in [5.41, 5.74) is 6.92. The summed E-state index contributed by atoms with van der Waals surface area (Å²) in [4.78, 5) is 0. The van der Waals surface area contributed by atoms with Crippen molar-refractivity contribution >= 4 is 34.7 Å². The monoisotopic (exact) mass is 500 g/mol. The van der Waals surface area contributed by atoms with Crippen molar-refractivity contribution < 1.29 is 22.3 Å². The number of benzene rings is 4. The van der Waals surface area contributed by atoms with Gasteiger partial charge in [-0.2, -0.15) is 8.42 Å². The second-order valence-corrected chi connectivity index (χ2v) is 8.87. The molecule has 2 N–H and O–H groups in total. The zero-order valence-corrected chi connectivity index (χ0v) is 20.9. The van der Waals surface area contributed by atoms with Gasteiger partial charge in [0, 0.05) is 0 Å². The minimum atomic E-state index is -4.67. The molecule has 0 aliphatic carbocycles. The highest BCUT2D eigenvalue weighted by Gasteiger charge is 2.08. The zero-order chi connectivity index (χ0) is 26.0. The molecule has 0 saturated carbocycles. The maximum atomic E-state index is 8.74. The number of hydrogen-bond acceptors (Lipinski definition) is 3. The molecular weight excluding hydrogens is 472 g/mol. The Kier molecular flexibility index (Phi) is 9.36. The zero-order valence-electron chi connectivity index (χ0n) is 20.1. The Labute approximate surface area is 212 Å². The van der Waals surface area contributed by atoms with E-state index < -0.39 is 10.4 Å². The molecule has 6 heteroatoms. The molecule has 4 aromatic rings. The molecule has 0 heterocycles. The average Bonchev–Trinajstić information content (AvgIpc) is 2.85. The summed E-state index contributed by atoms with van der Waals surface area (Å²) in [6.07, 6.45) is 8.55. The van der Waals surface area contributed by atoms with Crippen LogP contribution < -0.4 is 4.74 Å². The second kappa shape index (κ2) is 12.7. The molecule has 4 rings (SSSR count). The Morgan fingerprint density at radius 2 is 0.917 bits per heavy atom. The predicted octanol–water partition coefficient (Wildman–Crippen LogP) is 7.78. The highest BCUT2D eigenvalue weighted by molar-refractivity contribution is 7.79. The first-order chi connectivity index (χ1) is 17.2. The SMILES string of the molecule is Cc1c(C=Cc2ccccc2)cccc1Oc1cccc(C=Cc2ccccc2)c1C.O=S(=O)(O)O. The van der Waals surface area contributed by atoms with Gasteiger partial charge in [0.1, 0.15) is 11.5 Å². The minimum absolute atomic E-state index is 0.877. The minimum Gasteiger partial charge on any atom is -0.457 e. The third-order valence-corrected chi connectivity index (χ3v) is 5.38. The highest BCUT2D eigenvalue weighted by Crippen LogP contribution is 2.32. The van der Waals surface area contributed by atoms with E-state index in [-0.39, 0.29) is 0 Å². The van der Waals surface area contributed by atoms with Crippen molar-refractivity contribution in [1.82, 2.24) is 0 Å². The quantitative estimate of drug-likeness (QED) is 0.209. The topological polar surface area (TPSA) is 83.8 Å². The van der Waals surface area contributed by atoms with E-state index in [9.17, 15) is 0 Å². The maximum Gasteiger partial charge on any atom is 0.394 e. The number of hydrogen-bond donors (Lipinski definition) is 2. The van der Waals surface area contributed by atoms with Crippen molar-refractivity contribution in [2.75, 3.05) is 0 Å². The van der Waals surface area contributed by atoms with Gasteiger partial charge >= 0.3 is 10.4 Å². The fraction of sp³-hybridized carbons (Fsp3) is 0.0667. The van der Waals surface area contributed by atoms with Crippen LogP contribution in [0.4, 0.5) is 0 Å². The molecule has 0 atom stereocenters. The molecule has 0 saturated heterocycles. The summed E-state index contributed by atoms with van der Waals surface area (Å²) in [6.45, 7) is 4.21. The van der Waals surface area contributed by atoms with E-state index in [1.165, 1.54) is 11.1 Å². The number of ether oxygens (including phenoxy) is 1. The van der Waals surface area contributed by atoms with Gasteiger partial charge in [0.15, 0.2) is 0 Å². The standard InChI is InChI=1S/C30H26O.H2O4S/c1-23-27(21-19-25-11-5-3-6-12-25)15-9-17-29(23)31-30-18-10-16-28(24(30)2)22-20-26-13-7-4-8-14-26;1-5(2,3)4/h3-22H,1-2H3;(H2,1,2,3,4). The van der Waals surface area contributed by atoms with E-state index in [1.54, 1.807) is 0 Å².